The van der Waals surface area contributed by atoms with Crippen LogP contribution in [-0.2, 0) is 11.2 Å². The highest BCUT2D eigenvalue weighted by Crippen LogP contribution is 2.42. The number of ketones is 1. The molecule has 1 aromatic carbocycles. The molecular weight excluding hydrogens is 302 g/mol. The first-order valence-electron chi connectivity index (χ1n) is 16.5. The molecule has 1 saturated heterocycles. The van der Waals surface area contributed by atoms with Gasteiger partial charge in [0.05, 0.1) is 19.6 Å². The van der Waals surface area contributed by atoms with E-state index in [0.29, 0.717) is 13.0 Å². The fourth-order valence-corrected chi connectivity index (χ4v) is 2.40. The van der Waals surface area contributed by atoms with Gasteiger partial charge in [0.25, 0.3) is 0 Å². The molecule has 4 heteroatoms. The third kappa shape index (κ3) is 3.16. The van der Waals surface area contributed by atoms with Crippen LogP contribution in [0.3, 0.4) is 0 Å². The van der Waals surface area contributed by atoms with E-state index in [4.69, 9.17) is 34.1 Å². The lowest BCUT2D eigenvalue weighted by Gasteiger charge is -2.43. The van der Waals surface area contributed by atoms with Crippen molar-refractivity contribution >= 4 is 5.78 Å². The molecular formula is C20H29NO3. The SMILES string of the molecule is [2H]C([2H])([2H])Oc1cc2c(cc1OC)C1([2H])N(CC([2H])(C([2H])([2H])C([2H])(C([2H])([2H])[2H])C([2H])([2H])C)C(=O)C1([2H])[2H])C([2H])([2H])C2([2H])[2H]. The van der Waals surface area contributed by atoms with Crippen molar-refractivity contribution in [2.24, 2.45) is 11.8 Å². The van der Waals surface area contributed by atoms with Gasteiger partial charge in [-0.05, 0) is 41.9 Å². The van der Waals surface area contributed by atoms with Crippen molar-refractivity contribution in [3.63, 3.8) is 0 Å². The number of hydrogen-bond acceptors (Lipinski definition) is 4. The molecule has 0 amide bonds. The van der Waals surface area contributed by atoms with Crippen LogP contribution in [0.1, 0.15) is 76.1 Å². The van der Waals surface area contributed by atoms with E-state index < -0.39 is 98.6 Å². The number of rotatable bonds is 5. The Labute approximate surface area is 171 Å². The van der Waals surface area contributed by atoms with E-state index in [0.717, 1.165) is 13.2 Å². The number of fused-ring (bicyclic) bond motifs is 3. The Hall–Kier alpha value is -1.55. The van der Waals surface area contributed by atoms with Crippen LogP contribution in [0.5, 0.6) is 11.5 Å². The molecule has 4 nitrogen and oxygen atoms in total. The molecule has 132 valence electrons. The maximum Gasteiger partial charge on any atom is 0.161 e. The summed E-state index contributed by atoms with van der Waals surface area (Å²) in [6, 6.07) is -1.90. The minimum Gasteiger partial charge on any atom is -0.493 e. The van der Waals surface area contributed by atoms with Gasteiger partial charge in [0.15, 0.2) is 11.5 Å². The summed E-state index contributed by atoms with van der Waals surface area (Å²) in [5.41, 5.74) is -1.61. The molecule has 0 N–H and O–H groups in total. The molecule has 3 atom stereocenters. The molecule has 0 bridgehead atoms. The van der Waals surface area contributed by atoms with Gasteiger partial charge < -0.3 is 9.47 Å². The van der Waals surface area contributed by atoms with Crippen LogP contribution >= 0.6 is 0 Å². The van der Waals surface area contributed by atoms with E-state index in [9.17, 15) is 6.17 Å². The summed E-state index contributed by atoms with van der Waals surface area (Å²) >= 11 is 0. The highest BCUT2D eigenvalue weighted by molar-refractivity contribution is 5.83. The Bertz CT molecular complexity index is 1300. The van der Waals surface area contributed by atoms with E-state index in [2.05, 4.69) is 0 Å². The number of Topliss-reactive ketones (excluding diaryl/α,β-unsaturated/α-hetero) is 1. The maximum absolute atomic E-state index is 13.9. The van der Waals surface area contributed by atoms with Gasteiger partial charge in [-0.2, -0.15) is 0 Å². The highest BCUT2D eigenvalue weighted by atomic mass is 16.5. The van der Waals surface area contributed by atoms with Crippen molar-refractivity contribution in [3.05, 3.63) is 23.3 Å². The van der Waals surface area contributed by atoms with Crippen molar-refractivity contribution in [2.75, 3.05) is 27.2 Å². The molecule has 2 heterocycles. The van der Waals surface area contributed by atoms with Crippen molar-refractivity contribution in [1.29, 1.82) is 0 Å². The number of aryl methyl sites for hydroxylation is 1. The van der Waals surface area contributed by atoms with Crippen LogP contribution < -0.4 is 9.47 Å². The second kappa shape index (κ2) is 7.14. The van der Waals surface area contributed by atoms with Crippen molar-refractivity contribution in [2.45, 2.75) is 45.3 Å². The average Bonchev–Trinajstić information content (AvgIpc) is 2.80. The minimum atomic E-state index is -4.12. The van der Waals surface area contributed by atoms with Crippen molar-refractivity contribution < 1.29 is 40.3 Å². The van der Waals surface area contributed by atoms with Gasteiger partial charge in [-0.25, -0.2) is 0 Å². The Morgan fingerprint density at radius 2 is 2.38 bits per heavy atom. The van der Waals surface area contributed by atoms with E-state index in [1.54, 1.807) is 0 Å². The zero-order valence-electron chi connectivity index (χ0n) is 32.0. The van der Waals surface area contributed by atoms with Crippen LogP contribution in [0.2, 0.25) is 0 Å². The molecule has 3 rings (SSSR count). The Morgan fingerprint density at radius 3 is 3.08 bits per heavy atom. The highest BCUT2D eigenvalue weighted by Gasteiger charge is 2.38. The summed E-state index contributed by atoms with van der Waals surface area (Å²) in [6.07, 6.45) is -14.6. The van der Waals surface area contributed by atoms with Gasteiger partial charge in [0.2, 0.25) is 0 Å². The quantitative estimate of drug-likeness (QED) is 0.813. The fraction of sp³-hybridized carbons (Fsp3) is 0.650. The first-order valence-corrected chi connectivity index (χ1v) is 7.00. The predicted octanol–water partition coefficient (Wildman–Crippen LogP) is 3.63. The maximum atomic E-state index is 13.9. The van der Waals surface area contributed by atoms with E-state index in [1.807, 2.05) is 0 Å². The molecule has 2 aliphatic heterocycles. The van der Waals surface area contributed by atoms with Crippen LogP contribution in [0.25, 0.3) is 0 Å². The van der Waals surface area contributed by atoms with Crippen LogP contribution in [0.4, 0.5) is 0 Å². The molecule has 1 fully saturated rings. The first kappa shape index (κ1) is 5.47. The zero-order valence-corrected chi connectivity index (χ0v) is 13.0. The lowest BCUT2D eigenvalue weighted by molar-refractivity contribution is -0.129. The molecule has 0 aliphatic carbocycles. The molecule has 24 heavy (non-hydrogen) atoms. The van der Waals surface area contributed by atoms with Gasteiger partial charge in [-0.1, -0.05) is 20.1 Å². The number of benzene rings is 1. The largest absolute Gasteiger partial charge is 0.493 e. The monoisotopic (exact) mass is 350 g/mol. The molecule has 1 aromatic rings. The number of hydrogen-bond donors (Lipinski definition) is 0. The second-order valence-corrected chi connectivity index (χ2v) is 5.00. The smallest absolute Gasteiger partial charge is 0.161 e. The number of ether oxygens (including phenoxy) is 2. The Balaban J connectivity index is 2.45. The lowest BCUT2D eigenvalue weighted by atomic mass is 9.79. The average molecular weight is 351 g/mol. The second-order valence-electron chi connectivity index (χ2n) is 5.00. The van der Waals surface area contributed by atoms with Gasteiger partial charge in [-0.3, -0.25) is 9.69 Å². The number of nitrogens with zero attached hydrogens (tertiary/aromatic N) is 1. The number of piperidine rings is 1. The van der Waals surface area contributed by atoms with Crippen LogP contribution in [0.15, 0.2) is 12.1 Å². The summed E-state index contributed by atoms with van der Waals surface area (Å²) < 4.78 is 167. The molecule has 0 radical (unpaired) electrons. The first-order chi connectivity index (χ1) is 18.7. The van der Waals surface area contributed by atoms with Gasteiger partial charge >= 0.3 is 0 Å². The van der Waals surface area contributed by atoms with Gasteiger partial charge in [-0.15, -0.1) is 0 Å². The molecule has 0 spiro atoms. The van der Waals surface area contributed by atoms with Gasteiger partial charge in [0, 0.05) is 51.9 Å². The number of carbonyl (C=O) groups is 1. The Morgan fingerprint density at radius 1 is 1.54 bits per heavy atom. The normalized spacial score (nSPS) is 52.6. The summed E-state index contributed by atoms with van der Waals surface area (Å²) in [4.78, 5) is 13.9. The van der Waals surface area contributed by atoms with Crippen LogP contribution in [0, 0.1) is 11.8 Å². The zero-order chi connectivity index (χ0) is 34.0. The minimum absolute atomic E-state index is 0.0312. The standard InChI is InChI=1S/C20H29NO3/c1-5-13(2)8-15-12-21-7-6-14-9-19(23-3)20(24-4)10-16(14)17(21)11-18(15)22/h9-10,13,15,17H,5-8,11-12H2,1-4H3/i2D3,3D3,5D2,6D2,7D2,8D2,11D2,13D,15D,17D. The van der Waals surface area contributed by atoms with E-state index >= 15 is 0 Å². The predicted molar refractivity (Wildman–Crippen MR) is 94.8 cm³/mol. The summed E-state index contributed by atoms with van der Waals surface area (Å²) in [7, 11) is -2.10. The van der Waals surface area contributed by atoms with Crippen molar-refractivity contribution in [1.82, 2.24) is 4.90 Å². The molecule has 0 saturated carbocycles. The van der Waals surface area contributed by atoms with E-state index in [-0.39, 0.29) is 4.90 Å². The summed E-state index contributed by atoms with van der Waals surface area (Å²) in [6.45, 7) is -8.65. The Kier molecular flexibility index (Phi) is 1.63. The van der Waals surface area contributed by atoms with Crippen molar-refractivity contribution in [3.8, 4) is 11.5 Å². The molecule has 2 aliphatic rings. The number of carbonyl (C=O) groups excluding carboxylic acids is 1. The van der Waals surface area contributed by atoms with E-state index in [1.165, 1.54) is 0 Å². The molecule has 3 unspecified atom stereocenters. The third-order valence-corrected chi connectivity index (χ3v) is 3.61. The van der Waals surface area contributed by atoms with Crippen LogP contribution in [-0.4, -0.2) is 37.9 Å². The third-order valence-electron chi connectivity index (χ3n) is 3.61. The summed E-state index contributed by atoms with van der Waals surface area (Å²) in [5, 5.41) is 0. The lowest BCUT2D eigenvalue weighted by Crippen LogP contribution is -2.46. The topological polar surface area (TPSA) is 38.8 Å². The fourth-order valence-electron chi connectivity index (χ4n) is 2.40. The van der Waals surface area contributed by atoms with Gasteiger partial charge in [0.1, 0.15) is 5.78 Å². The number of methoxy groups -OCH3 is 2. The summed E-state index contributed by atoms with van der Waals surface area (Å²) in [5.74, 6) is -11.0. The molecule has 0 aromatic heterocycles.